The average Bonchev–Trinajstić information content (AvgIpc) is 2.29. The van der Waals surface area contributed by atoms with Crippen molar-refractivity contribution < 1.29 is 4.79 Å². The molecule has 1 aromatic carbocycles. The fourth-order valence-corrected chi connectivity index (χ4v) is 1.34. The molecule has 1 rings (SSSR count). The van der Waals surface area contributed by atoms with Gasteiger partial charge in [0.15, 0.2) is 0 Å². The molecule has 0 aliphatic heterocycles. The van der Waals surface area contributed by atoms with Crippen LogP contribution in [0.2, 0.25) is 5.02 Å². The summed E-state index contributed by atoms with van der Waals surface area (Å²) in [7, 11) is 0. The van der Waals surface area contributed by atoms with Crippen LogP contribution in [0, 0.1) is 17.2 Å². The van der Waals surface area contributed by atoms with E-state index < -0.39 is 5.54 Å². The maximum atomic E-state index is 11.9. The Balaban J connectivity index is 2.86. The highest BCUT2D eigenvalue weighted by Crippen LogP contribution is 2.17. The fraction of sp³-hybridized carbons (Fsp3) is 0.385. The number of nitrogens with zero attached hydrogens (tertiary/aromatic N) is 1. The van der Waals surface area contributed by atoms with E-state index in [2.05, 4.69) is 11.4 Å². The molecule has 0 aromatic heterocycles. The molecule has 0 aliphatic rings. The van der Waals surface area contributed by atoms with Crippen LogP contribution in [0.5, 0.6) is 0 Å². The summed E-state index contributed by atoms with van der Waals surface area (Å²) in [6.45, 7) is 5.50. The Labute approximate surface area is 106 Å². The Bertz CT molecular complexity index is 447. The van der Waals surface area contributed by atoms with Crippen LogP contribution >= 0.6 is 11.6 Å². The largest absolute Gasteiger partial charge is 0.334 e. The van der Waals surface area contributed by atoms with Gasteiger partial charge in [0.1, 0.15) is 5.54 Å². The van der Waals surface area contributed by atoms with Crippen molar-refractivity contribution >= 4 is 17.5 Å². The number of halogens is 1. The molecule has 0 radical (unpaired) electrons. The third-order valence-electron chi connectivity index (χ3n) is 2.87. The summed E-state index contributed by atoms with van der Waals surface area (Å²) in [6, 6.07) is 8.70. The number of benzene rings is 1. The van der Waals surface area contributed by atoms with Gasteiger partial charge in [0.05, 0.1) is 6.07 Å². The van der Waals surface area contributed by atoms with Gasteiger partial charge in [-0.3, -0.25) is 4.79 Å². The highest BCUT2D eigenvalue weighted by Gasteiger charge is 2.30. The second-order valence-corrected chi connectivity index (χ2v) is 4.87. The van der Waals surface area contributed by atoms with Gasteiger partial charge in [-0.1, -0.05) is 25.4 Å². The van der Waals surface area contributed by atoms with Gasteiger partial charge in [-0.25, -0.2) is 0 Å². The Morgan fingerprint density at radius 3 is 2.35 bits per heavy atom. The maximum absolute atomic E-state index is 11.9. The van der Waals surface area contributed by atoms with Crippen LogP contribution in [0.3, 0.4) is 0 Å². The number of nitriles is 1. The fourth-order valence-electron chi connectivity index (χ4n) is 1.21. The number of carbonyl (C=O) groups excluding carboxylic acids is 1. The molecule has 1 aromatic rings. The summed E-state index contributed by atoms with van der Waals surface area (Å²) in [5.74, 6) is -0.233. The van der Waals surface area contributed by atoms with Crippen molar-refractivity contribution in [2.75, 3.05) is 0 Å². The normalized spacial score (nSPS) is 13.9. The zero-order chi connectivity index (χ0) is 13.1. The molecular formula is C13H15ClN2O. The number of hydrogen-bond donors (Lipinski definition) is 1. The van der Waals surface area contributed by atoms with Gasteiger partial charge in [-0.05, 0) is 37.1 Å². The predicted molar refractivity (Wildman–Crippen MR) is 67.8 cm³/mol. The first-order valence-electron chi connectivity index (χ1n) is 5.38. The second kappa shape index (κ2) is 5.20. The zero-order valence-corrected chi connectivity index (χ0v) is 10.9. The molecule has 1 amide bonds. The summed E-state index contributed by atoms with van der Waals surface area (Å²) >= 11 is 5.74. The van der Waals surface area contributed by atoms with Gasteiger partial charge >= 0.3 is 0 Å². The first-order valence-corrected chi connectivity index (χ1v) is 5.76. The smallest absolute Gasteiger partial charge is 0.252 e. The van der Waals surface area contributed by atoms with Crippen molar-refractivity contribution in [3.63, 3.8) is 0 Å². The molecule has 0 fully saturated rings. The number of carbonyl (C=O) groups is 1. The molecule has 1 unspecified atom stereocenters. The summed E-state index contributed by atoms with van der Waals surface area (Å²) in [4.78, 5) is 11.9. The Kier molecular flexibility index (Phi) is 4.14. The van der Waals surface area contributed by atoms with Crippen molar-refractivity contribution in [3.05, 3.63) is 34.9 Å². The molecular weight excluding hydrogens is 236 g/mol. The third-order valence-corrected chi connectivity index (χ3v) is 3.12. The molecule has 3 nitrogen and oxygen atoms in total. The molecule has 1 N–H and O–H groups in total. The summed E-state index contributed by atoms with van der Waals surface area (Å²) in [5.41, 5.74) is -0.368. The van der Waals surface area contributed by atoms with E-state index >= 15 is 0 Å². The van der Waals surface area contributed by atoms with E-state index in [9.17, 15) is 4.79 Å². The lowest BCUT2D eigenvalue weighted by Crippen LogP contribution is -2.48. The quantitative estimate of drug-likeness (QED) is 0.897. The van der Waals surface area contributed by atoms with Gasteiger partial charge in [0, 0.05) is 10.6 Å². The zero-order valence-electron chi connectivity index (χ0n) is 10.1. The Hall–Kier alpha value is -1.53. The van der Waals surface area contributed by atoms with Gasteiger partial charge in [-0.15, -0.1) is 0 Å². The summed E-state index contributed by atoms with van der Waals surface area (Å²) in [5, 5.41) is 12.4. The van der Waals surface area contributed by atoms with E-state index in [0.717, 1.165) is 0 Å². The Morgan fingerprint density at radius 1 is 1.41 bits per heavy atom. The SMILES string of the molecule is CC(C)C(C)(C#N)NC(=O)c1ccc(Cl)cc1. The predicted octanol–water partition coefficient (Wildman–Crippen LogP) is 3.01. The Morgan fingerprint density at radius 2 is 1.94 bits per heavy atom. The van der Waals surface area contributed by atoms with Crippen molar-refractivity contribution in [2.45, 2.75) is 26.3 Å². The lowest BCUT2D eigenvalue weighted by Gasteiger charge is -2.27. The molecule has 90 valence electrons. The number of nitrogens with one attached hydrogen (secondary N) is 1. The van der Waals surface area contributed by atoms with Crippen molar-refractivity contribution in [1.82, 2.24) is 5.32 Å². The first-order chi connectivity index (χ1) is 7.89. The van der Waals surface area contributed by atoms with Crippen molar-refractivity contribution in [1.29, 1.82) is 5.26 Å². The van der Waals surface area contributed by atoms with E-state index in [1.807, 2.05) is 13.8 Å². The third kappa shape index (κ3) is 3.21. The average molecular weight is 251 g/mol. The topological polar surface area (TPSA) is 52.9 Å². The van der Waals surface area contributed by atoms with Gasteiger partial charge in [-0.2, -0.15) is 5.26 Å². The minimum atomic E-state index is -0.864. The minimum Gasteiger partial charge on any atom is -0.334 e. The molecule has 4 heteroatoms. The monoisotopic (exact) mass is 250 g/mol. The van der Waals surface area contributed by atoms with Crippen LogP contribution in [-0.4, -0.2) is 11.4 Å². The van der Waals surface area contributed by atoms with E-state index in [4.69, 9.17) is 16.9 Å². The van der Waals surface area contributed by atoms with Crippen LogP contribution in [0.25, 0.3) is 0 Å². The van der Waals surface area contributed by atoms with Crippen LogP contribution in [0.1, 0.15) is 31.1 Å². The number of amides is 1. The molecule has 17 heavy (non-hydrogen) atoms. The highest BCUT2D eigenvalue weighted by molar-refractivity contribution is 6.30. The van der Waals surface area contributed by atoms with Gasteiger partial charge in [0.25, 0.3) is 5.91 Å². The standard InChI is InChI=1S/C13H15ClN2O/c1-9(2)13(3,8-15)16-12(17)10-4-6-11(14)7-5-10/h4-7,9H,1-3H3,(H,16,17). The van der Waals surface area contributed by atoms with Crippen LogP contribution < -0.4 is 5.32 Å². The minimum absolute atomic E-state index is 0.0313. The van der Waals surface area contributed by atoms with Gasteiger partial charge < -0.3 is 5.32 Å². The van der Waals surface area contributed by atoms with Crippen molar-refractivity contribution in [2.24, 2.45) is 5.92 Å². The molecule has 0 saturated carbocycles. The number of rotatable bonds is 3. The van der Waals surface area contributed by atoms with Crippen LogP contribution in [0.15, 0.2) is 24.3 Å². The highest BCUT2D eigenvalue weighted by atomic mass is 35.5. The molecule has 0 aliphatic carbocycles. The number of hydrogen-bond acceptors (Lipinski definition) is 2. The van der Waals surface area contributed by atoms with E-state index in [0.29, 0.717) is 10.6 Å². The molecule has 0 saturated heterocycles. The lowest BCUT2D eigenvalue weighted by atomic mass is 9.90. The van der Waals surface area contributed by atoms with E-state index in [-0.39, 0.29) is 11.8 Å². The molecule has 0 spiro atoms. The maximum Gasteiger partial charge on any atom is 0.252 e. The summed E-state index contributed by atoms with van der Waals surface area (Å²) in [6.07, 6.45) is 0. The first kappa shape index (κ1) is 13.5. The molecule has 0 heterocycles. The van der Waals surface area contributed by atoms with Gasteiger partial charge in [0.2, 0.25) is 0 Å². The molecule has 1 atom stereocenters. The van der Waals surface area contributed by atoms with E-state index in [1.165, 1.54) is 0 Å². The van der Waals surface area contributed by atoms with Crippen LogP contribution in [0.4, 0.5) is 0 Å². The molecule has 0 bridgehead atoms. The lowest BCUT2D eigenvalue weighted by molar-refractivity contribution is 0.0908. The summed E-state index contributed by atoms with van der Waals surface area (Å²) < 4.78 is 0. The second-order valence-electron chi connectivity index (χ2n) is 4.43. The van der Waals surface area contributed by atoms with Crippen molar-refractivity contribution in [3.8, 4) is 6.07 Å². The van der Waals surface area contributed by atoms with E-state index in [1.54, 1.807) is 31.2 Å². The van der Waals surface area contributed by atoms with Crippen LogP contribution in [-0.2, 0) is 0 Å².